The van der Waals surface area contributed by atoms with Crippen molar-refractivity contribution >= 4 is 11.7 Å². The number of ether oxygens (including phenoxy) is 2. The fraction of sp³-hybridized carbons (Fsp3) is 0.471. The summed E-state index contributed by atoms with van der Waals surface area (Å²) >= 11 is 0. The van der Waals surface area contributed by atoms with E-state index in [1.807, 2.05) is 21.8 Å². The molecule has 138 valence electrons. The van der Waals surface area contributed by atoms with E-state index in [1.54, 1.807) is 12.1 Å². The Morgan fingerprint density at radius 2 is 2.08 bits per heavy atom. The summed E-state index contributed by atoms with van der Waals surface area (Å²) in [6.45, 7) is 2.88. The summed E-state index contributed by atoms with van der Waals surface area (Å²) < 4.78 is 12.5. The number of benzene rings is 1. The van der Waals surface area contributed by atoms with E-state index in [0.717, 1.165) is 38.2 Å². The molecule has 0 saturated carbocycles. The molecule has 1 saturated heterocycles. The zero-order valence-electron chi connectivity index (χ0n) is 14.4. The van der Waals surface area contributed by atoms with Gasteiger partial charge in [-0.3, -0.25) is 4.68 Å². The van der Waals surface area contributed by atoms with E-state index >= 15 is 0 Å². The Kier molecular flexibility index (Phi) is 4.61. The van der Waals surface area contributed by atoms with Crippen molar-refractivity contribution < 1.29 is 14.3 Å². The molecule has 0 spiro atoms. The number of urea groups is 1. The molecule has 2 aliphatic rings. The zero-order valence-corrected chi connectivity index (χ0v) is 14.4. The molecule has 9 nitrogen and oxygen atoms in total. The molecule has 1 aromatic heterocycles. The smallest absolute Gasteiger partial charge is 0.321 e. The van der Waals surface area contributed by atoms with Crippen molar-refractivity contribution in [2.45, 2.75) is 25.9 Å². The number of carbonyl (C=O) groups excluding carboxylic acids is 1. The van der Waals surface area contributed by atoms with Crippen LogP contribution in [0.2, 0.25) is 0 Å². The minimum Gasteiger partial charge on any atom is -0.454 e. The van der Waals surface area contributed by atoms with Crippen molar-refractivity contribution in [2.75, 3.05) is 25.2 Å². The van der Waals surface area contributed by atoms with E-state index in [0.29, 0.717) is 29.6 Å². The molecule has 26 heavy (non-hydrogen) atoms. The van der Waals surface area contributed by atoms with Crippen LogP contribution in [0.25, 0.3) is 0 Å². The Balaban J connectivity index is 1.28. The number of piperidine rings is 1. The summed E-state index contributed by atoms with van der Waals surface area (Å²) in [5.41, 5.74) is 7.06. The average Bonchev–Trinajstić information content (AvgIpc) is 3.31. The van der Waals surface area contributed by atoms with Crippen molar-refractivity contribution in [1.29, 1.82) is 0 Å². The number of carbonyl (C=O) groups is 1. The normalized spacial score (nSPS) is 16.7. The van der Waals surface area contributed by atoms with Gasteiger partial charge in [0.25, 0.3) is 0 Å². The summed E-state index contributed by atoms with van der Waals surface area (Å²) in [6.07, 6.45) is 3.76. The van der Waals surface area contributed by atoms with Gasteiger partial charge in [0, 0.05) is 44.1 Å². The minimum atomic E-state index is -0.0894. The number of aromatic nitrogens is 3. The van der Waals surface area contributed by atoms with Gasteiger partial charge in [0.05, 0.1) is 5.69 Å². The zero-order chi connectivity index (χ0) is 17.9. The van der Waals surface area contributed by atoms with E-state index in [9.17, 15) is 4.79 Å². The molecule has 0 bridgehead atoms. The summed E-state index contributed by atoms with van der Waals surface area (Å²) in [6, 6.07) is 5.32. The lowest BCUT2D eigenvalue weighted by Gasteiger charge is -2.31. The summed E-state index contributed by atoms with van der Waals surface area (Å²) in [5, 5.41) is 11.0. The quantitative estimate of drug-likeness (QED) is 0.856. The number of rotatable bonds is 4. The lowest BCUT2D eigenvalue weighted by atomic mass is 9.97. The number of nitrogens with two attached hydrogens (primary N) is 1. The Morgan fingerprint density at radius 1 is 1.27 bits per heavy atom. The van der Waals surface area contributed by atoms with Crippen LogP contribution in [0.3, 0.4) is 0 Å². The molecule has 2 aliphatic heterocycles. The van der Waals surface area contributed by atoms with Gasteiger partial charge in [0.2, 0.25) is 6.79 Å². The van der Waals surface area contributed by atoms with Gasteiger partial charge in [-0.05, 0) is 30.9 Å². The van der Waals surface area contributed by atoms with Gasteiger partial charge in [-0.1, -0.05) is 5.21 Å². The third kappa shape index (κ3) is 3.57. The van der Waals surface area contributed by atoms with E-state index in [1.165, 1.54) is 0 Å². The second-order valence-electron chi connectivity index (χ2n) is 6.56. The molecule has 2 aromatic rings. The summed E-state index contributed by atoms with van der Waals surface area (Å²) in [5.74, 6) is 1.85. The number of anilines is 1. The van der Waals surface area contributed by atoms with E-state index in [4.69, 9.17) is 15.2 Å². The highest BCUT2D eigenvalue weighted by atomic mass is 16.7. The fourth-order valence-electron chi connectivity index (χ4n) is 3.28. The Bertz CT molecular complexity index is 785. The molecule has 1 fully saturated rings. The topological polar surface area (TPSA) is 108 Å². The Labute approximate surface area is 151 Å². The SMILES string of the molecule is NCc1cn(CC2CCN(C(=O)Nc3ccc4c(c3)OCO4)CC2)nn1. The van der Waals surface area contributed by atoms with Crippen LogP contribution < -0.4 is 20.5 Å². The molecule has 0 unspecified atom stereocenters. The Morgan fingerprint density at radius 3 is 2.85 bits per heavy atom. The molecule has 4 rings (SSSR count). The van der Waals surface area contributed by atoms with Crippen LogP contribution >= 0.6 is 0 Å². The second-order valence-corrected chi connectivity index (χ2v) is 6.56. The standard InChI is InChI=1S/C17H22N6O3/c18-8-14-10-23(21-20-14)9-12-3-5-22(6-4-12)17(24)19-13-1-2-15-16(7-13)26-11-25-15/h1-2,7,10,12H,3-6,8-9,11,18H2,(H,19,24). The molecule has 0 aliphatic carbocycles. The van der Waals surface area contributed by atoms with Crippen molar-refractivity contribution in [1.82, 2.24) is 19.9 Å². The van der Waals surface area contributed by atoms with E-state index in [2.05, 4.69) is 15.6 Å². The monoisotopic (exact) mass is 358 g/mol. The maximum Gasteiger partial charge on any atom is 0.321 e. The van der Waals surface area contributed by atoms with Gasteiger partial charge in [-0.25, -0.2) is 4.79 Å². The number of nitrogens with zero attached hydrogens (tertiary/aromatic N) is 4. The first-order chi connectivity index (χ1) is 12.7. The van der Waals surface area contributed by atoms with Crippen LogP contribution in [0, 0.1) is 5.92 Å². The van der Waals surface area contributed by atoms with Crippen LogP contribution in [0.4, 0.5) is 10.5 Å². The number of likely N-dealkylation sites (tertiary alicyclic amines) is 1. The van der Waals surface area contributed by atoms with Crippen molar-refractivity contribution in [2.24, 2.45) is 11.7 Å². The molecular weight excluding hydrogens is 336 g/mol. The first-order valence-electron chi connectivity index (χ1n) is 8.76. The van der Waals surface area contributed by atoms with Gasteiger partial charge in [-0.2, -0.15) is 0 Å². The van der Waals surface area contributed by atoms with Crippen LogP contribution in [0.15, 0.2) is 24.4 Å². The van der Waals surface area contributed by atoms with Crippen molar-refractivity contribution in [3.8, 4) is 11.5 Å². The maximum atomic E-state index is 12.5. The summed E-state index contributed by atoms with van der Waals surface area (Å²) in [4.78, 5) is 14.3. The Hall–Kier alpha value is -2.81. The summed E-state index contributed by atoms with van der Waals surface area (Å²) in [7, 11) is 0. The first-order valence-corrected chi connectivity index (χ1v) is 8.76. The lowest BCUT2D eigenvalue weighted by molar-refractivity contribution is 0.174. The third-order valence-corrected chi connectivity index (χ3v) is 4.77. The number of nitrogens with one attached hydrogen (secondary N) is 1. The van der Waals surface area contributed by atoms with Crippen molar-refractivity contribution in [3.63, 3.8) is 0 Å². The van der Waals surface area contributed by atoms with Gasteiger partial charge >= 0.3 is 6.03 Å². The number of amides is 2. The molecule has 1 aromatic carbocycles. The van der Waals surface area contributed by atoms with E-state index in [-0.39, 0.29) is 12.8 Å². The van der Waals surface area contributed by atoms with Crippen LogP contribution in [0.5, 0.6) is 11.5 Å². The maximum absolute atomic E-state index is 12.5. The lowest BCUT2D eigenvalue weighted by Crippen LogP contribution is -2.41. The fourth-order valence-corrected chi connectivity index (χ4v) is 3.28. The minimum absolute atomic E-state index is 0.0894. The van der Waals surface area contributed by atoms with Crippen molar-refractivity contribution in [3.05, 3.63) is 30.1 Å². The molecular formula is C17H22N6O3. The van der Waals surface area contributed by atoms with Gasteiger partial charge < -0.3 is 25.4 Å². The highest BCUT2D eigenvalue weighted by Crippen LogP contribution is 2.34. The number of hydrogen-bond acceptors (Lipinski definition) is 6. The number of hydrogen-bond donors (Lipinski definition) is 2. The van der Waals surface area contributed by atoms with Crippen LogP contribution in [-0.4, -0.2) is 45.8 Å². The average molecular weight is 358 g/mol. The van der Waals surface area contributed by atoms with Gasteiger partial charge in [0.15, 0.2) is 11.5 Å². The van der Waals surface area contributed by atoms with Gasteiger partial charge in [-0.15, -0.1) is 5.10 Å². The molecule has 3 heterocycles. The number of fused-ring (bicyclic) bond motifs is 1. The second kappa shape index (κ2) is 7.20. The molecule has 2 amide bonds. The molecule has 3 N–H and O–H groups in total. The molecule has 0 atom stereocenters. The van der Waals surface area contributed by atoms with Crippen LogP contribution in [0.1, 0.15) is 18.5 Å². The highest BCUT2D eigenvalue weighted by molar-refractivity contribution is 5.89. The predicted octanol–water partition coefficient (Wildman–Crippen LogP) is 1.41. The van der Waals surface area contributed by atoms with Crippen LogP contribution in [-0.2, 0) is 13.1 Å². The highest BCUT2D eigenvalue weighted by Gasteiger charge is 2.24. The van der Waals surface area contributed by atoms with E-state index < -0.39 is 0 Å². The molecule has 9 heteroatoms. The largest absolute Gasteiger partial charge is 0.454 e. The first kappa shape index (κ1) is 16.6. The third-order valence-electron chi connectivity index (χ3n) is 4.77. The van der Waals surface area contributed by atoms with Gasteiger partial charge in [0.1, 0.15) is 0 Å². The molecule has 0 radical (unpaired) electrons. The predicted molar refractivity (Wildman–Crippen MR) is 93.8 cm³/mol.